The van der Waals surface area contributed by atoms with Crippen LogP contribution in [0.4, 0.5) is 4.39 Å². The van der Waals surface area contributed by atoms with Crippen LogP contribution in [-0.2, 0) is 4.74 Å². The number of benzene rings is 2. The minimum Gasteiger partial charge on any atom is -0.383 e. The Morgan fingerprint density at radius 1 is 1.15 bits per heavy atom. The van der Waals surface area contributed by atoms with Crippen LogP contribution in [0.25, 0.3) is 16.6 Å². The number of ketones is 1. The van der Waals surface area contributed by atoms with Crippen LogP contribution in [0.2, 0.25) is 0 Å². The highest BCUT2D eigenvalue weighted by atomic mass is 32.2. The topological polar surface area (TPSA) is 66.1 Å². The molecule has 0 unspecified atom stereocenters. The van der Waals surface area contributed by atoms with Crippen molar-refractivity contribution >= 4 is 28.4 Å². The van der Waals surface area contributed by atoms with Crippen molar-refractivity contribution in [2.75, 3.05) is 19.5 Å². The van der Waals surface area contributed by atoms with E-state index in [1.807, 2.05) is 43.5 Å². The van der Waals surface area contributed by atoms with Crippen LogP contribution in [0, 0.1) is 19.7 Å². The van der Waals surface area contributed by atoms with Crippen molar-refractivity contribution in [2.24, 2.45) is 0 Å². The normalized spacial score (nSPS) is 12.3. The average molecular weight is 480 g/mol. The summed E-state index contributed by atoms with van der Waals surface area (Å²) < 4.78 is 22.2. The molecule has 1 atom stereocenters. The SMILES string of the molecule is COC[C@@H](C)n1c(SCC(=O)c2cc(C)n(-c3ccc(F)cc3)c2C)nc2ccccc2c1=O. The number of rotatable bonds is 8. The second-order valence-electron chi connectivity index (χ2n) is 8.20. The second-order valence-corrected chi connectivity index (χ2v) is 9.14. The fourth-order valence-electron chi connectivity index (χ4n) is 4.17. The van der Waals surface area contributed by atoms with Gasteiger partial charge in [-0.05, 0) is 63.2 Å². The van der Waals surface area contributed by atoms with Crippen LogP contribution in [0.15, 0.2) is 64.5 Å². The number of carbonyl (C=O) groups is 1. The number of methoxy groups -OCH3 is 1. The van der Waals surface area contributed by atoms with Crippen LogP contribution in [-0.4, -0.2) is 39.4 Å². The molecule has 0 fully saturated rings. The summed E-state index contributed by atoms with van der Waals surface area (Å²) in [5.41, 5.74) is 3.49. The van der Waals surface area contributed by atoms with Crippen molar-refractivity contribution in [1.29, 1.82) is 0 Å². The van der Waals surface area contributed by atoms with Crippen molar-refractivity contribution in [3.63, 3.8) is 0 Å². The number of nitrogens with zero attached hydrogens (tertiary/aromatic N) is 3. The quantitative estimate of drug-likeness (QED) is 0.199. The zero-order chi connectivity index (χ0) is 24.4. The van der Waals surface area contributed by atoms with E-state index >= 15 is 0 Å². The Morgan fingerprint density at radius 2 is 1.85 bits per heavy atom. The Kier molecular flexibility index (Phi) is 7.00. The van der Waals surface area contributed by atoms with E-state index in [0.29, 0.717) is 28.2 Å². The van der Waals surface area contributed by atoms with Gasteiger partial charge in [-0.1, -0.05) is 23.9 Å². The van der Waals surface area contributed by atoms with Gasteiger partial charge in [0.1, 0.15) is 5.82 Å². The molecule has 2 aromatic heterocycles. The van der Waals surface area contributed by atoms with E-state index in [9.17, 15) is 14.0 Å². The largest absolute Gasteiger partial charge is 0.383 e. The summed E-state index contributed by atoms with van der Waals surface area (Å²) in [6.07, 6.45) is 0. The molecule has 0 aliphatic carbocycles. The van der Waals surface area contributed by atoms with E-state index in [2.05, 4.69) is 4.98 Å². The van der Waals surface area contributed by atoms with Gasteiger partial charge in [0.05, 0.1) is 29.3 Å². The van der Waals surface area contributed by atoms with Crippen molar-refractivity contribution in [2.45, 2.75) is 32.0 Å². The Morgan fingerprint density at radius 3 is 2.56 bits per heavy atom. The number of hydrogen-bond donors (Lipinski definition) is 0. The molecule has 0 amide bonds. The predicted molar refractivity (Wildman–Crippen MR) is 133 cm³/mol. The molecule has 2 aromatic carbocycles. The van der Waals surface area contributed by atoms with E-state index in [-0.39, 0.29) is 29.0 Å². The van der Waals surface area contributed by atoms with Crippen LogP contribution < -0.4 is 5.56 Å². The van der Waals surface area contributed by atoms with E-state index in [4.69, 9.17) is 4.74 Å². The molecule has 2 heterocycles. The third-order valence-corrected chi connectivity index (χ3v) is 6.73. The van der Waals surface area contributed by atoms with Crippen LogP contribution >= 0.6 is 11.8 Å². The summed E-state index contributed by atoms with van der Waals surface area (Å²) in [7, 11) is 1.59. The van der Waals surface area contributed by atoms with Crippen molar-refractivity contribution in [1.82, 2.24) is 14.1 Å². The summed E-state index contributed by atoms with van der Waals surface area (Å²) in [6, 6.07) is 15.0. The zero-order valence-electron chi connectivity index (χ0n) is 19.5. The average Bonchev–Trinajstić information content (AvgIpc) is 3.12. The molecular formula is C26H26FN3O3S. The number of carbonyl (C=O) groups excluding carboxylic acids is 1. The first kappa shape index (κ1) is 23.9. The van der Waals surface area contributed by atoms with E-state index in [1.54, 1.807) is 35.9 Å². The molecule has 0 aliphatic rings. The summed E-state index contributed by atoms with van der Waals surface area (Å²) >= 11 is 1.24. The molecule has 176 valence electrons. The molecule has 6 nitrogen and oxygen atoms in total. The number of Topliss-reactive ketones (excluding diaryl/α,β-unsaturated/α-hetero) is 1. The fourth-order valence-corrected chi connectivity index (χ4v) is 5.15. The van der Waals surface area contributed by atoms with Gasteiger partial charge in [0, 0.05) is 29.7 Å². The Bertz CT molecular complexity index is 1410. The highest BCUT2D eigenvalue weighted by Gasteiger charge is 2.20. The highest BCUT2D eigenvalue weighted by Crippen LogP contribution is 2.26. The summed E-state index contributed by atoms with van der Waals surface area (Å²) in [5, 5.41) is 1.01. The van der Waals surface area contributed by atoms with Gasteiger partial charge < -0.3 is 9.30 Å². The molecule has 34 heavy (non-hydrogen) atoms. The van der Waals surface area contributed by atoms with E-state index < -0.39 is 0 Å². The summed E-state index contributed by atoms with van der Waals surface area (Å²) in [5.74, 6) is -0.256. The maximum Gasteiger partial charge on any atom is 0.262 e. The predicted octanol–water partition coefficient (Wildman–Crippen LogP) is 5.13. The molecule has 0 radical (unpaired) electrons. The fraction of sp³-hybridized carbons (Fsp3) is 0.269. The second kappa shape index (κ2) is 9.95. The maximum atomic E-state index is 13.4. The lowest BCUT2D eigenvalue weighted by atomic mass is 10.2. The Hall–Kier alpha value is -3.23. The lowest BCUT2D eigenvalue weighted by Gasteiger charge is -2.18. The number of ether oxygens (including phenoxy) is 1. The zero-order valence-corrected chi connectivity index (χ0v) is 20.4. The highest BCUT2D eigenvalue weighted by molar-refractivity contribution is 7.99. The first-order valence-corrected chi connectivity index (χ1v) is 11.9. The first-order chi connectivity index (χ1) is 16.3. The van der Waals surface area contributed by atoms with Gasteiger partial charge in [0.2, 0.25) is 0 Å². The molecule has 0 spiro atoms. The lowest BCUT2D eigenvalue weighted by Crippen LogP contribution is -2.28. The first-order valence-electron chi connectivity index (χ1n) is 10.9. The van der Waals surface area contributed by atoms with Gasteiger partial charge in [0.25, 0.3) is 5.56 Å². The van der Waals surface area contributed by atoms with Crippen molar-refractivity contribution < 1.29 is 13.9 Å². The number of aromatic nitrogens is 3. The maximum absolute atomic E-state index is 13.4. The minimum absolute atomic E-state index is 0.0696. The van der Waals surface area contributed by atoms with Crippen molar-refractivity contribution in [3.8, 4) is 5.69 Å². The molecule has 4 aromatic rings. The van der Waals surface area contributed by atoms with Crippen LogP contribution in [0.1, 0.15) is 34.7 Å². The third-order valence-electron chi connectivity index (χ3n) is 5.77. The molecule has 0 bridgehead atoms. The monoisotopic (exact) mass is 479 g/mol. The van der Waals surface area contributed by atoms with Crippen molar-refractivity contribution in [3.05, 3.63) is 87.7 Å². The molecular weight excluding hydrogens is 453 g/mol. The summed E-state index contributed by atoms with van der Waals surface area (Å²) in [6.45, 7) is 6.03. The smallest absolute Gasteiger partial charge is 0.262 e. The molecule has 0 saturated carbocycles. The van der Waals surface area contributed by atoms with E-state index in [1.165, 1.54) is 23.9 Å². The minimum atomic E-state index is -0.310. The van der Waals surface area contributed by atoms with Gasteiger partial charge in [-0.15, -0.1) is 0 Å². The Balaban J connectivity index is 1.65. The van der Waals surface area contributed by atoms with Crippen LogP contribution in [0.5, 0.6) is 0 Å². The molecule has 0 saturated heterocycles. The number of hydrogen-bond acceptors (Lipinski definition) is 5. The van der Waals surface area contributed by atoms with Gasteiger partial charge in [-0.25, -0.2) is 9.37 Å². The molecule has 4 rings (SSSR count). The Labute approximate surface area is 201 Å². The summed E-state index contributed by atoms with van der Waals surface area (Å²) in [4.78, 5) is 31.1. The number of fused-ring (bicyclic) bond motifs is 1. The number of para-hydroxylation sites is 1. The third kappa shape index (κ3) is 4.56. The van der Waals surface area contributed by atoms with Crippen LogP contribution in [0.3, 0.4) is 0 Å². The molecule has 0 aliphatic heterocycles. The van der Waals surface area contributed by atoms with Gasteiger partial charge in [-0.2, -0.15) is 0 Å². The standard InChI is InChI=1S/C26H26FN3O3S/c1-16-13-22(18(3)29(16)20-11-9-19(27)10-12-20)24(31)15-34-26-28-23-8-6-5-7-21(23)25(32)30(26)17(2)14-33-4/h5-13,17H,14-15H2,1-4H3/t17-/m1/s1. The molecule has 8 heteroatoms. The van der Waals surface area contributed by atoms with Gasteiger partial charge in [-0.3, -0.25) is 14.2 Å². The number of aryl methyl sites for hydroxylation is 1. The number of thioether (sulfide) groups is 1. The number of halogens is 1. The molecule has 0 N–H and O–H groups in total. The van der Waals surface area contributed by atoms with Gasteiger partial charge >= 0.3 is 0 Å². The lowest BCUT2D eigenvalue weighted by molar-refractivity contribution is 0.102. The van der Waals surface area contributed by atoms with E-state index in [0.717, 1.165) is 17.1 Å². The van der Waals surface area contributed by atoms with Gasteiger partial charge in [0.15, 0.2) is 10.9 Å².